The van der Waals surface area contributed by atoms with Crippen molar-refractivity contribution in [2.75, 3.05) is 13.1 Å². The van der Waals surface area contributed by atoms with Crippen LogP contribution in [0.25, 0.3) is 0 Å². The SMILES string of the molecule is Cc1csc(=O)n1CCN1CCC1Cc1ccccc1. The molecule has 0 radical (unpaired) electrons. The zero-order chi connectivity index (χ0) is 13.9. The molecule has 2 heterocycles. The summed E-state index contributed by atoms with van der Waals surface area (Å²) in [5, 5.41) is 1.94. The Morgan fingerprint density at radius 2 is 2.05 bits per heavy atom. The van der Waals surface area contributed by atoms with E-state index in [1.54, 1.807) is 0 Å². The Bertz CT molecular complexity index is 617. The first-order valence-corrected chi connectivity index (χ1v) is 8.05. The lowest BCUT2D eigenvalue weighted by Gasteiger charge is -2.41. The molecule has 1 aliphatic heterocycles. The molecule has 4 heteroatoms. The highest BCUT2D eigenvalue weighted by Crippen LogP contribution is 2.21. The summed E-state index contributed by atoms with van der Waals surface area (Å²) >= 11 is 1.30. The van der Waals surface area contributed by atoms with Crippen molar-refractivity contribution >= 4 is 11.3 Å². The van der Waals surface area contributed by atoms with E-state index in [1.807, 2.05) is 16.9 Å². The molecule has 0 N–H and O–H groups in total. The fraction of sp³-hybridized carbons (Fsp3) is 0.438. The van der Waals surface area contributed by atoms with Crippen LogP contribution >= 0.6 is 11.3 Å². The molecule has 0 bridgehead atoms. The van der Waals surface area contributed by atoms with Crippen molar-refractivity contribution < 1.29 is 0 Å². The maximum absolute atomic E-state index is 11.7. The molecular formula is C16H20N2OS. The third kappa shape index (κ3) is 2.86. The van der Waals surface area contributed by atoms with Crippen LogP contribution in [-0.4, -0.2) is 28.6 Å². The first-order chi connectivity index (χ1) is 9.74. The van der Waals surface area contributed by atoms with Gasteiger partial charge in [0.05, 0.1) is 0 Å². The topological polar surface area (TPSA) is 25.2 Å². The van der Waals surface area contributed by atoms with E-state index in [4.69, 9.17) is 0 Å². The second kappa shape index (κ2) is 5.94. The molecule has 3 nitrogen and oxygen atoms in total. The van der Waals surface area contributed by atoms with Crippen LogP contribution in [-0.2, 0) is 13.0 Å². The Labute approximate surface area is 123 Å². The van der Waals surface area contributed by atoms with Crippen molar-refractivity contribution in [2.24, 2.45) is 0 Å². The summed E-state index contributed by atoms with van der Waals surface area (Å²) in [5.41, 5.74) is 2.49. The quantitative estimate of drug-likeness (QED) is 0.845. The van der Waals surface area contributed by atoms with Gasteiger partial charge in [-0.2, -0.15) is 0 Å². The standard InChI is InChI=1S/C16H20N2OS/c1-13-12-20-16(19)18(13)10-9-17-8-7-15(17)11-14-5-3-2-4-6-14/h2-6,12,15H,7-11H2,1H3. The van der Waals surface area contributed by atoms with E-state index in [0.29, 0.717) is 6.04 Å². The van der Waals surface area contributed by atoms with E-state index in [0.717, 1.165) is 31.7 Å². The molecular weight excluding hydrogens is 268 g/mol. The first kappa shape index (κ1) is 13.6. The summed E-state index contributed by atoms with van der Waals surface area (Å²) in [6, 6.07) is 11.3. The van der Waals surface area contributed by atoms with Crippen LogP contribution in [0, 0.1) is 6.92 Å². The number of hydrogen-bond donors (Lipinski definition) is 0. The van der Waals surface area contributed by atoms with Gasteiger partial charge < -0.3 is 4.57 Å². The monoisotopic (exact) mass is 288 g/mol. The minimum absolute atomic E-state index is 0.169. The van der Waals surface area contributed by atoms with Gasteiger partial charge in [-0.05, 0) is 25.3 Å². The van der Waals surface area contributed by atoms with E-state index in [9.17, 15) is 4.79 Å². The van der Waals surface area contributed by atoms with Crippen LogP contribution in [0.1, 0.15) is 17.7 Å². The lowest BCUT2D eigenvalue weighted by Crippen LogP contribution is -2.50. The predicted octanol–water partition coefficient (Wildman–Crippen LogP) is 2.54. The number of hydrogen-bond acceptors (Lipinski definition) is 3. The fourth-order valence-electron chi connectivity index (χ4n) is 2.81. The molecule has 0 amide bonds. The van der Waals surface area contributed by atoms with Gasteiger partial charge in [0.2, 0.25) is 0 Å². The zero-order valence-corrected chi connectivity index (χ0v) is 12.6. The number of benzene rings is 1. The van der Waals surface area contributed by atoms with E-state index in [2.05, 4.69) is 35.2 Å². The van der Waals surface area contributed by atoms with Gasteiger partial charge in [0.25, 0.3) is 0 Å². The lowest BCUT2D eigenvalue weighted by atomic mass is 9.95. The average Bonchev–Trinajstić information content (AvgIpc) is 2.76. The highest BCUT2D eigenvalue weighted by atomic mass is 32.1. The Morgan fingerprint density at radius 3 is 2.65 bits per heavy atom. The number of aromatic nitrogens is 1. The highest BCUT2D eigenvalue weighted by Gasteiger charge is 2.27. The van der Waals surface area contributed by atoms with Crippen LogP contribution in [0.4, 0.5) is 0 Å². The third-order valence-corrected chi connectivity index (χ3v) is 5.05. The summed E-state index contributed by atoms with van der Waals surface area (Å²) in [6.45, 7) is 4.97. The van der Waals surface area contributed by atoms with E-state index < -0.39 is 0 Å². The smallest absolute Gasteiger partial charge is 0.302 e. The Balaban J connectivity index is 1.55. The molecule has 3 rings (SSSR count). The van der Waals surface area contributed by atoms with Crippen LogP contribution in [0.3, 0.4) is 0 Å². The van der Waals surface area contributed by atoms with Gasteiger partial charge in [-0.1, -0.05) is 41.7 Å². The number of aryl methyl sites for hydroxylation is 1. The highest BCUT2D eigenvalue weighted by molar-refractivity contribution is 7.07. The van der Waals surface area contributed by atoms with E-state index >= 15 is 0 Å². The summed E-state index contributed by atoms with van der Waals surface area (Å²) in [6.07, 6.45) is 2.39. The first-order valence-electron chi connectivity index (χ1n) is 7.17. The Hall–Kier alpha value is -1.39. The predicted molar refractivity (Wildman–Crippen MR) is 83.4 cm³/mol. The molecule has 20 heavy (non-hydrogen) atoms. The van der Waals surface area contributed by atoms with Gasteiger partial charge in [-0.15, -0.1) is 0 Å². The third-order valence-electron chi connectivity index (χ3n) is 4.17. The minimum Gasteiger partial charge on any atom is -0.302 e. The molecule has 0 spiro atoms. The van der Waals surface area contributed by atoms with Crippen molar-refractivity contribution in [1.82, 2.24) is 9.47 Å². The second-order valence-corrected chi connectivity index (χ2v) is 6.28. The van der Waals surface area contributed by atoms with Crippen molar-refractivity contribution in [3.8, 4) is 0 Å². The molecule has 0 saturated carbocycles. The molecule has 106 valence electrons. The second-order valence-electron chi connectivity index (χ2n) is 5.46. The summed E-state index contributed by atoms with van der Waals surface area (Å²) in [5.74, 6) is 0. The molecule has 2 aromatic rings. The maximum Gasteiger partial charge on any atom is 0.307 e. The molecule has 1 aliphatic rings. The number of likely N-dealkylation sites (tertiary alicyclic amines) is 1. The van der Waals surface area contributed by atoms with Crippen molar-refractivity contribution in [3.05, 3.63) is 56.6 Å². The van der Waals surface area contributed by atoms with E-state index in [1.165, 1.54) is 23.3 Å². The van der Waals surface area contributed by atoms with Gasteiger partial charge in [-0.3, -0.25) is 9.69 Å². The largest absolute Gasteiger partial charge is 0.307 e. The normalized spacial score (nSPS) is 18.9. The fourth-order valence-corrected chi connectivity index (χ4v) is 3.57. The average molecular weight is 288 g/mol. The van der Waals surface area contributed by atoms with Crippen LogP contribution in [0.5, 0.6) is 0 Å². The van der Waals surface area contributed by atoms with Gasteiger partial charge >= 0.3 is 4.87 Å². The molecule has 1 aromatic heterocycles. The molecule has 1 saturated heterocycles. The zero-order valence-electron chi connectivity index (χ0n) is 11.8. The Kier molecular flexibility index (Phi) is 4.03. The number of rotatable bonds is 5. The molecule has 1 fully saturated rings. The number of thiazole rings is 1. The maximum atomic E-state index is 11.7. The molecule has 1 atom stereocenters. The molecule has 1 unspecified atom stereocenters. The Morgan fingerprint density at radius 1 is 1.25 bits per heavy atom. The van der Waals surface area contributed by atoms with Crippen LogP contribution in [0.15, 0.2) is 40.5 Å². The van der Waals surface area contributed by atoms with Gasteiger partial charge in [0, 0.05) is 36.8 Å². The van der Waals surface area contributed by atoms with Crippen molar-refractivity contribution in [1.29, 1.82) is 0 Å². The van der Waals surface area contributed by atoms with Crippen LogP contribution in [0.2, 0.25) is 0 Å². The van der Waals surface area contributed by atoms with Gasteiger partial charge in [0.15, 0.2) is 0 Å². The minimum atomic E-state index is 0.169. The van der Waals surface area contributed by atoms with Gasteiger partial charge in [-0.25, -0.2) is 0 Å². The van der Waals surface area contributed by atoms with Crippen molar-refractivity contribution in [2.45, 2.75) is 32.4 Å². The number of nitrogens with zero attached hydrogens (tertiary/aromatic N) is 2. The lowest BCUT2D eigenvalue weighted by molar-refractivity contribution is 0.0861. The van der Waals surface area contributed by atoms with Gasteiger partial charge in [0.1, 0.15) is 0 Å². The summed E-state index contributed by atoms with van der Waals surface area (Å²) < 4.78 is 1.89. The molecule has 1 aromatic carbocycles. The summed E-state index contributed by atoms with van der Waals surface area (Å²) in [4.78, 5) is 14.4. The van der Waals surface area contributed by atoms with E-state index in [-0.39, 0.29) is 4.87 Å². The summed E-state index contributed by atoms with van der Waals surface area (Å²) in [7, 11) is 0. The molecule has 0 aliphatic carbocycles. The van der Waals surface area contributed by atoms with Crippen molar-refractivity contribution in [3.63, 3.8) is 0 Å². The van der Waals surface area contributed by atoms with Crippen LogP contribution < -0.4 is 4.87 Å².